The fourth-order valence-electron chi connectivity index (χ4n) is 3.56. The van der Waals surface area contributed by atoms with Crippen LogP contribution in [0.2, 0.25) is 0 Å². The highest BCUT2D eigenvalue weighted by molar-refractivity contribution is 5.45. The molecule has 4 nitrogen and oxygen atoms in total. The second-order valence-corrected chi connectivity index (χ2v) is 6.09. The van der Waals surface area contributed by atoms with E-state index in [0.29, 0.717) is 30.4 Å². The Morgan fingerprint density at radius 1 is 1.29 bits per heavy atom. The zero-order valence-electron chi connectivity index (χ0n) is 13.9. The lowest BCUT2D eigenvalue weighted by molar-refractivity contribution is 0.143. The Kier molecular flexibility index (Phi) is 5.14. The first-order valence-corrected chi connectivity index (χ1v) is 8.26. The van der Waals surface area contributed by atoms with Crippen LogP contribution in [-0.2, 0) is 13.0 Å². The molecule has 4 heteroatoms. The van der Waals surface area contributed by atoms with Gasteiger partial charge in [-0.05, 0) is 41.7 Å². The van der Waals surface area contributed by atoms with Crippen molar-refractivity contribution in [1.29, 1.82) is 5.26 Å². The van der Waals surface area contributed by atoms with Crippen molar-refractivity contribution in [2.45, 2.75) is 25.4 Å². The first-order valence-electron chi connectivity index (χ1n) is 8.26. The molecule has 3 rings (SSSR count). The second kappa shape index (κ2) is 7.48. The summed E-state index contributed by atoms with van der Waals surface area (Å²) in [5, 5.41) is 18.8. The van der Waals surface area contributed by atoms with Gasteiger partial charge in [0, 0.05) is 19.1 Å². The number of ether oxygens (including phenoxy) is 1. The number of nitriles is 1. The van der Waals surface area contributed by atoms with E-state index >= 15 is 0 Å². The first kappa shape index (κ1) is 16.5. The van der Waals surface area contributed by atoms with E-state index < -0.39 is 0 Å². The van der Waals surface area contributed by atoms with E-state index in [2.05, 4.69) is 35.2 Å². The van der Waals surface area contributed by atoms with Gasteiger partial charge in [0.25, 0.3) is 0 Å². The van der Waals surface area contributed by atoms with Gasteiger partial charge in [0.1, 0.15) is 11.8 Å². The normalized spacial score (nSPS) is 16.0. The molecular weight excluding hydrogens is 300 g/mol. The Morgan fingerprint density at radius 3 is 2.88 bits per heavy atom. The highest BCUT2D eigenvalue weighted by Crippen LogP contribution is 2.36. The average molecular weight is 322 g/mol. The molecule has 0 aromatic heterocycles. The van der Waals surface area contributed by atoms with Gasteiger partial charge in [-0.1, -0.05) is 30.3 Å². The Bertz CT molecular complexity index is 752. The van der Waals surface area contributed by atoms with E-state index in [1.54, 1.807) is 7.11 Å². The molecule has 0 radical (unpaired) electrons. The standard InChI is InChI=1S/C20H22N2O2/c1-24-20-9-6-15(12-17(20)13-21)14-22(10-11-23)19-8-7-16-4-2-3-5-18(16)19/h2-6,9,12,19,23H,7-8,10-11,14H2,1H3. The largest absolute Gasteiger partial charge is 0.495 e. The summed E-state index contributed by atoms with van der Waals surface area (Å²) in [4.78, 5) is 2.30. The van der Waals surface area contributed by atoms with Gasteiger partial charge in [-0.2, -0.15) is 5.26 Å². The summed E-state index contributed by atoms with van der Waals surface area (Å²) in [5.41, 5.74) is 4.37. The van der Waals surface area contributed by atoms with Gasteiger partial charge < -0.3 is 9.84 Å². The van der Waals surface area contributed by atoms with Crippen molar-refractivity contribution in [3.63, 3.8) is 0 Å². The minimum Gasteiger partial charge on any atom is -0.495 e. The van der Waals surface area contributed by atoms with E-state index in [0.717, 1.165) is 18.4 Å². The summed E-state index contributed by atoms with van der Waals surface area (Å²) in [7, 11) is 1.57. The third-order valence-corrected chi connectivity index (χ3v) is 4.70. The maximum absolute atomic E-state index is 9.49. The van der Waals surface area contributed by atoms with Crippen molar-refractivity contribution in [3.05, 3.63) is 64.7 Å². The fourth-order valence-corrected chi connectivity index (χ4v) is 3.56. The van der Waals surface area contributed by atoms with Gasteiger partial charge in [-0.15, -0.1) is 0 Å². The summed E-state index contributed by atoms with van der Waals surface area (Å²) in [5.74, 6) is 0.598. The number of hydrogen-bond donors (Lipinski definition) is 1. The van der Waals surface area contributed by atoms with Crippen LogP contribution in [0.4, 0.5) is 0 Å². The molecule has 2 aromatic carbocycles. The molecule has 124 valence electrons. The molecule has 0 aliphatic heterocycles. The molecule has 0 amide bonds. The molecule has 1 atom stereocenters. The van der Waals surface area contributed by atoms with Crippen molar-refractivity contribution in [3.8, 4) is 11.8 Å². The highest BCUT2D eigenvalue weighted by Gasteiger charge is 2.27. The molecular formula is C20H22N2O2. The van der Waals surface area contributed by atoms with Crippen molar-refractivity contribution in [2.75, 3.05) is 20.3 Å². The molecule has 2 aromatic rings. The van der Waals surface area contributed by atoms with Gasteiger partial charge >= 0.3 is 0 Å². The molecule has 1 unspecified atom stereocenters. The van der Waals surface area contributed by atoms with Crippen molar-refractivity contribution in [1.82, 2.24) is 4.90 Å². The Balaban J connectivity index is 1.84. The van der Waals surface area contributed by atoms with Crippen LogP contribution in [0.3, 0.4) is 0 Å². The van der Waals surface area contributed by atoms with Gasteiger partial charge in [0.2, 0.25) is 0 Å². The number of nitrogens with zero attached hydrogens (tertiary/aromatic N) is 2. The maximum atomic E-state index is 9.49. The lowest BCUT2D eigenvalue weighted by Crippen LogP contribution is -2.30. The van der Waals surface area contributed by atoms with Crippen molar-refractivity contribution < 1.29 is 9.84 Å². The van der Waals surface area contributed by atoms with Gasteiger partial charge in [-0.25, -0.2) is 0 Å². The van der Waals surface area contributed by atoms with Crippen LogP contribution in [0.15, 0.2) is 42.5 Å². The topological polar surface area (TPSA) is 56.5 Å². The predicted molar refractivity (Wildman–Crippen MR) is 92.7 cm³/mol. The number of aliphatic hydroxyl groups is 1. The summed E-state index contributed by atoms with van der Waals surface area (Å²) in [6.45, 7) is 1.45. The van der Waals surface area contributed by atoms with Crippen LogP contribution in [-0.4, -0.2) is 30.3 Å². The molecule has 0 saturated carbocycles. The van der Waals surface area contributed by atoms with E-state index in [4.69, 9.17) is 4.74 Å². The van der Waals surface area contributed by atoms with E-state index in [1.807, 2.05) is 18.2 Å². The van der Waals surface area contributed by atoms with Crippen LogP contribution in [0.25, 0.3) is 0 Å². The van der Waals surface area contributed by atoms with E-state index in [9.17, 15) is 10.4 Å². The van der Waals surface area contributed by atoms with Crippen molar-refractivity contribution in [2.24, 2.45) is 0 Å². The second-order valence-electron chi connectivity index (χ2n) is 6.09. The SMILES string of the molecule is COc1ccc(CN(CCO)C2CCc3ccccc32)cc1C#N. The number of hydrogen-bond acceptors (Lipinski definition) is 4. The average Bonchev–Trinajstić information content (AvgIpc) is 3.05. The van der Waals surface area contributed by atoms with E-state index in [1.165, 1.54) is 11.1 Å². The smallest absolute Gasteiger partial charge is 0.136 e. The molecule has 1 aliphatic carbocycles. The fraction of sp³-hybridized carbons (Fsp3) is 0.350. The predicted octanol–water partition coefficient (Wildman–Crippen LogP) is 3.05. The van der Waals surface area contributed by atoms with Crippen molar-refractivity contribution >= 4 is 0 Å². The minimum absolute atomic E-state index is 0.125. The summed E-state index contributed by atoms with van der Waals surface area (Å²) in [6.07, 6.45) is 2.15. The third-order valence-electron chi connectivity index (χ3n) is 4.70. The minimum atomic E-state index is 0.125. The molecule has 1 N–H and O–H groups in total. The molecule has 0 bridgehead atoms. The zero-order valence-corrected chi connectivity index (χ0v) is 13.9. The van der Waals surface area contributed by atoms with Crippen LogP contribution in [0.5, 0.6) is 5.75 Å². The highest BCUT2D eigenvalue weighted by atomic mass is 16.5. The number of aryl methyl sites for hydroxylation is 1. The number of methoxy groups -OCH3 is 1. The Morgan fingerprint density at radius 2 is 2.12 bits per heavy atom. The van der Waals surface area contributed by atoms with Crippen LogP contribution in [0, 0.1) is 11.3 Å². The van der Waals surface area contributed by atoms with Gasteiger partial charge in [-0.3, -0.25) is 4.90 Å². The molecule has 0 spiro atoms. The quantitative estimate of drug-likeness (QED) is 0.888. The third kappa shape index (κ3) is 3.28. The molecule has 24 heavy (non-hydrogen) atoms. The summed E-state index contributed by atoms with van der Waals surface area (Å²) >= 11 is 0. The number of benzene rings is 2. The summed E-state index contributed by atoms with van der Waals surface area (Å²) in [6, 6.07) is 16.8. The van der Waals surface area contributed by atoms with Gasteiger partial charge in [0.15, 0.2) is 0 Å². The first-order chi connectivity index (χ1) is 11.8. The number of aliphatic hydroxyl groups excluding tert-OH is 1. The molecule has 0 fully saturated rings. The summed E-state index contributed by atoms with van der Waals surface area (Å²) < 4.78 is 5.21. The molecule has 1 aliphatic rings. The lowest BCUT2D eigenvalue weighted by Gasteiger charge is -2.29. The van der Waals surface area contributed by atoms with Crippen LogP contribution >= 0.6 is 0 Å². The number of fused-ring (bicyclic) bond motifs is 1. The molecule has 0 saturated heterocycles. The Hall–Kier alpha value is -2.35. The van der Waals surface area contributed by atoms with Crippen LogP contribution in [0.1, 0.15) is 34.7 Å². The maximum Gasteiger partial charge on any atom is 0.136 e. The molecule has 0 heterocycles. The van der Waals surface area contributed by atoms with Gasteiger partial charge in [0.05, 0.1) is 19.3 Å². The lowest BCUT2D eigenvalue weighted by atomic mass is 10.0. The van der Waals surface area contributed by atoms with E-state index in [-0.39, 0.29) is 6.61 Å². The monoisotopic (exact) mass is 322 g/mol. The Labute approximate surface area is 142 Å². The van der Waals surface area contributed by atoms with Crippen LogP contribution < -0.4 is 4.74 Å². The zero-order chi connectivity index (χ0) is 16.9. The number of rotatable bonds is 6.